The van der Waals surface area contributed by atoms with Gasteiger partial charge in [0.25, 0.3) is 0 Å². The molecule has 3 aromatic rings. The molecule has 1 aliphatic rings. The van der Waals surface area contributed by atoms with Gasteiger partial charge in [0.15, 0.2) is 0 Å². The van der Waals surface area contributed by atoms with Crippen molar-refractivity contribution in [1.29, 1.82) is 5.26 Å². The Morgan fingerprint density at radius 1 is 1.00 bits per heavy atom. The lowest BCUT2D eigenvalue weighted by atomic mass is 9.97. The number of hydrogen-bond acceptors (Lipinski definition) is 5. The van der Waals surface area contributed by atoms with Crippen LogP contribution < -0.4 is 4.90 Å². The van der Waals surface area contributed by atoms with Crippen LogP contribution in [-0.2, 0) is 19.5 Å². The highest BCUT2D eigenvalue weighted by atomic mass is 15.3. The summed E-state index contributed by atoms with van der Waals surface area (Å²) < 4.78 is 0. The molecule has 0 aliphatic carbocycles. The van der Waals surface area contributed by atoms with E-state index >= 15 is 0 Å². The van der Waals surface area contributed by atoms with Crippen molar-refractivity contribution in [2.45, 2.75) is 33.4 Å². The van der Waals surface area contributed by atoms with Gasteiger partial charge in [0.2, 0.25) is 5.95 Å². The number of rotatable bonds is 6. The van der Waals surface area contributed by atoms with Gasteiger partial charge in [-0.25, -0.2) is 9.97 Å². The highest BCUT2D eigenvalue weighted by Crippen LogP contribution is 2.30. The van der Waals surface area contributed by atoms with Gasteiger partial charge >= 0.3 is 0 Å². The highest BCUT2D eigenvalue weighted by molar-refractivity contribution is 5.66. The fraction of sp³-hybridized carbons (Fsp3) is 0.320. The van der Waals surface area contributed by atoms with Crippen LogP contribution in [0.4, 0.5) is 5.95 Å². The maximum Gasteiger partial charge on any atom is 0.226 e. The van der Waals surface area contributed by atoms with E-state index in [-0.39, 0.29) is 0 Å². The van der Waals surface area contributed by atoms with Crippen LogP contribution in [0.1, 0.15) is 36.2 Å². The zero-order valence-electron chi connectivity index (χ0n) is 17.7. The summed E-state index contributed by atoms with van der Waals surface area (Å²) in [6.07, 6.45) is 0.927. The third kappa shape index (κ3) is 4.19. The number of hydrogen-bond donors (Lipinski definition) is 0. The average Bonchev–Trinajstić information content (AvgIpc) is 2.80. The summed E-state index contributed by atoms with van der Waals surface area (Å²) in [4.78, 5) is 14.6. The maximum atomic E-state index is 9.13. The second-order valence-corrected chi connectivity index (χ2v) is 7.61. The van der Waals surface area contributed by atoms with Crippen LogP contribution in [0, 0.1) is 11.3 Å². The number of benzene rings is 2. The number of nitrogens with zero attached hydrogens (tertiary/aromatic N) is 5. The second-order valence-electron chi connectivity index (χ2n) is 7.61. The van der Waals surface area contributed by atoms with Crippen LogP contribution in [0.25, 0.3) is 11.3 Å². The first kappa shape index (κ1) is 20.1. The molecule has 4 rings (SSSR count). The van der Waals surface area contributed by atoms with E-state index in [1.54, 1.807) is 0 Å². The van der Waals surface area contributed by atoms with Crippen molar-refractivity contribution in [1.82, 2.24) is 14.9 Å². The first-order valence-corrected chi connectivity index (χ1v) is 10.6. The number of fused-ring (bicyclic) bond motifs is 1. The molecular weight excluding hydrogens is 370 g/mol. The number of nitriles is 1. The fourth-order valence-corrected chi connectivity index (χ4v) is 4.04. The molecule has 5 heteroatoms. The Labute approximate surface area is 178 Å². The Bertz CT molecular complexity index is 1030. The molecule has 0 fully saturated rings. The van der Waals surface area contributed by atoms with Crippen LogP contribution >= 0.6 is 0 Å². The summed E-state index contributed by atoms with van der Waals surface area (Å²) in [6, 6.07) is 20.5. The molecule has 0 radical (unpaired) electrons. The summed E-state index contributed by atoms with van der Waals surface area (Å²) in [5.41, 5.74) is 6.41. The minimum atomic E-state index is 0.666. The van der Waals surface area contributed by atoms with E-state index in [9.17, 15) is 0 Å². The Morgan fingerprint density at radius 3 is 2.40 bits per heavy atom. The summed E-state index contributed by atoms with van der Waals surface area (Å²) in [5.74, 6) is 0.791. The van der Waals surface area contributed by atoms with Crippen molar-refractivity contribution in [2.24, 2.45) is 0 Å². The third-order valence-corrected chi connectivity index (χ3v) is 5.72. The van der Waals surface area contributed by atoms with E-state index in [2.05, 4.69) is 60.0 Å². The second kappa shape index (κ2) is 9.06. The molecule has 0 amide bonds. The van der Waals surface area contributed by atoms with E-state index < -0.39 is 0 Å². The van der Waals surface area contributed by atoms with Gasteiger partial charge < -0.3 is 4.90 Å². The zero-order chi connectivity index (χ0) is 20.9. The lowest BCUT2D eigenvalue weighted by Crippen LogP contribution is -2.33. The van der Waals surface area contributed by atoms with E-state index in [0.29, 0.717) is 5.56 Å². The standard InChI is InChI=1S/C25H27N5/c1-3-30(4-2)25-27-23-18-29(17-20-8-6-5-7-9-20)15-14-22(23)24(28-25)21-12-10-19(16-26)11-13-21/h5-13H,3-4,14-15,17-18H2,1-2H3. The zero-order valence-corrected chi connectivity index (χ0v) is 17.7. The average molecular weight is 398 g/mol. The lowest BCUT2D eigenvalue weighted by Gasteiger charge is -2.30. The van der Waals surface area contributed by atoms with E-state index in [1.165, 1.54) is 11.1 Å². The fourth-order valence-electron chi connectivity index (χ4n) is 4.04. The smallest absolute Gasteiger partial charge is 0.226 e. The summed E-state index contributed by atoms with van der Waals surface area (Å²) >= 11 is 0. The van der Waals surface area contributed by atoms with E-state index in [1.807, 2.05) is 24.3 Å². The van der Waals surface area contributed by atoms with Gasteiger partial charge in [0.05, 0.1) is 23.0 Å². The van der Waals surface area contributed by atoms with Crippen LogP contribution in [0.2, 0.25) is 0 Å². The van der Waals surface area contributed by atoms with E-state index in [0.717, 1.165) is 62.0 Å². The van der Waals surface area contributed by atoms with Crippen molar-refractivity contribution in [3.8, 4) is 17.3 Å². The highest BCUT2D eigenvalue weighted by Gasteiger charge is 2.24. The molecule has 0 N–H and O–H groups in total. The van der Waals surface area contributed by atoms with Gasteiger partial charge in [-0.3, -0.25) is 4.90 Å². The Morgan fingerprint density at radius 2 is 1.73 bits per heavy atom. The molecule has 1 aliphatic heterocycles. The van der Waals surface area contributed by atoms with Crippen molar-refractivity contribution < 1.29 is 0 Å². The van der Waals surface area contributed by atoms with Crippen LogP contribution in [0.3, 0.4) is 0 Å². The number of anilines is 1. The van der Waals surface area contributed by atoms with Gasteiger partial charge in [0, 0.05) is 43.9 Å². The quantitative estimate of drug-likeness (QED) is 0.616. The Hall–Kier alpha value is -3.23. The van der Waals surface area contributed by atoms with Gasteiger partial charge in [-0.1, -0.05) is 42.5 Å². The molecule has 1 aromatic heterocycles. The predicted molar refractivity (Wildman–Crippen MR) is 120 cm³/mol. The topological polar surface area (TPSA) is 56.1 Å². The summed E-state index contributed by atoms with van der Waals surface area (Å²) in [5, 5.41) is 9.13. The molecule has 30 heavy (non-hydrogen) atoms. The number of aromatic nitrogens is 2. The van der Waals surface area contributed by atoms with Crippen molar-refractivity contribution in [2.75, 3.05) is 24.5 Å². The molecule has 0 bridgehead atoms. The molecular formula is C25H27N5. The summed E-state index contributed by atoms with van der Waals surface area (Å²) in [7, 11) is 0. The Kier molecular flexibility index (Phi) is 6.06. The molecule has 0 spiro atoms. The SMILES string of the molecule is CCN(CC)c1nc2c(c(-c3ccc(C#N)cc3)n1)CCN(Cc1ccccc1)C2. The van der Waals surface area contributed by atoms with Gasteiger partial charge in [0.1, 0.15) is 0 Å². The van der Waals surface area contributed by atoms with Gasteiger partial charge in [-0.15, -0.1) is 0 Å². The van der Waals surface area contributed by atoms with Crippen LogP contribution in [0.15, 0.2) is 54.6 Å². The van der Waals surface area contributed by atoms with Gasteiger partial charge in [-0.05, 0) is 38.0 Å². The molecule has 5 nitrogen and oxygen atoms in total. The molecule has 0 atom stereocenters. The molecule has 152 valence electrons. The first-order valence-electron chi connectivity index (χ1n) is 10.6. The summed E-state index contributed by atoms with van der Waals surface area (Å²) in [6.45, 7) is 8.75. The predicted octanol–water partition coefficient (Wildman–Crippen LogP) is 4.42. The molecule has 0 saturated heterocycles. The minimum Gasteiger partial charge on any atom is -0.341 e. The molecule has 0 saturated carbocycles. The van der Waals surface area contributed by atoms with E-state index in [4.69, 9.17) is 15.2 Å². The monoisotopic (exact) mass is 397 g/mol. The maximum absolute atomic E-state index is 9.13. The van der Waals surface area contributed by atoms with Crippen molar-refractivity contribution in [3.05, 3.63) is 77.0 Å². The molecule has 2 heterocycles. The van der Waals surface area contributed by atoms with Crippen molar-refractivity contribution >= 4 is 5.95 Å². The lowest BCUT2D eigenvalue weighted by molar-refractivity contribution is 0.241. The third-order valence-electron chi connectivity index (χ3n) is 5.72. The molecule has 2 aromatic carbocycles. The Balaban J connectivity index is 1.71. The van der Waals surface area contributed by atoms with Crippen molar-refractivity contribution in [3.63, 3.8) is 0 Å². The minimum absolute atomic E-state index is 0.666. The largest absolute Gasteiger partial charge is 0.341 e. The normalized spacial score (nSPS) is 13.5. The van der Waals surface area contributed by atoms with Crippen LogP contribution in [-0.4, -0.2) is 34.5 Å². The molecule has 0 unspecified atom stereocenters. The van der Waals surface area contributed by atoms with Crippen LogP contribution in [0.5, 0.6) is 0 Å². The first-order chi connectivity index (χ1) is 14.7. The van der Waals surface area contributed by atoms with Gasteiger partial charge in [-0.2, -0.15) is 5.26 Å².